The van der Waals surface area contributed by atoms with Crippen LogP contribution >= 0.6 is 0 Å². The average molecular weight is 352 g/mol. The van der Waals surface area contributed by atoms with Crippen molar-refractivity contribution < 1.29 is 24.5 Å². The summed E-state index contributed by atoms with van der Waals surface area (Å²) in [6.07, 6.45) is 1.52. The highest BCUT2D eigenvalue weighted by atomic mass is 16.5. The smallest absolute Gasteiger partial charge is 0.481 e. The summed E-state index contributed by atoms with van der Waals surface area (Å²) in [7, 11) is 1.57. The summed E-state index contributed by atoms with van der Waals surface area (Å²) < 4.78 is 4.81. The summed E-state index contributed by atoms with van der Waals surface area (Å²) in [5.74, 6) is -2.69. The van der Waals surface area contributed by atoms with Gasteiger partial charge in [-0.3, -0.25) is 19.4 Å². The second-order valence-electron chi connectivity index (χ2n) is 5.17. The molecule has 0 radical (unpaired) electrons. The second-order valence-corrected chi connectivity index (χ2v) is 5.17. The molecule has 0 bridgehead atoms. The number of carbonyl (C=O) groups is 2. The van der Waals surface area contributed by atoms with Gasteiger partial charge in [0.05, 0.1) is 19.2 Å². The molecule has 0 aromatic rings. The van der Waals surface area contributed by atoms with Gasteiger partial charge in [-0.2, -0.15) is 5.26 Å². The van der Waals surface area contributed by atoms with Crippen LogP contribution in [0, 0.1) is 34.8 Å². The number of likely N-dealkylation sites (N-methyl/N-ethyl adjacent to an activating group) is 1. The fraction of sp³-hybridized carbons (Fsp3) is 0.667. The molecular weight excluding hydrogens is 330 g/mol. The van der Waals surface area contributed by atoms with Gasteiger partial charge < -0.3 is 14.9 Å². The van der Waals surface area contributed by atoms with Crippen LogP contribution in [0.5, 0.6) is 0 Å². The minimum absolute atomic E-state index is 0.0243. The molecule has 10 nitrogen and oxygen atoms in total. The Morgan fingerprint density at radius 2 is 2.00 bits per heavy atom. The average Bonchev–Trinajstić information content (AvgIpc) is 2.53. The molecule has 2 atom stereocenters. The van der Waals surface area contributed by atoms with Crippen molar-refractivity contribution in [3.8, 4) is 18.3 Å². The van der Waals surface area contributed by atoms with Gasteiger partial charge in [0.25, 0.3) is 0 Å². The molecule has 2 N–H and O–H groups in total. The summed E-state index contributed by atoms with van der Waals surface area (Å²) in [5, 5.41) is 36.1. The lowest BCUT2D eigenvalue weighted by Gasteiger charge is -2.29. The summed E-state index contributed by atoms with van der Waals surface area (Å²) in [4.78, 5) is 28.9. The molecule has 0 aliphatic carbocycles. The number of aliphatic hydroxyl groups excluding tert-OH is 1. The van der Waals surface area contributed by atoms with E-state index in [-0.39, 0.29) is 39.4 Å². The van der Waals surface area contributed by atoms with Gasteiger partial charge in [-0.25, -0.2) is 0 Å². The Labute approximate surface area is 146 Å². The number of nitrogens with zero attached hydrogens (tertiary/aromatic N) is 5. The molecule has 0 fully saturated rings. The van der Waals surface area contributed by atoms with Crippen molar-refractivity contribution >= 4 is 11.9 Å². The molecule has 0 aliphatic rings. The summed E-state index contributed by atoms with van der Waals surface area (Å²) in [5.41, 5.74) is 0. The third-order valence-corrected chi connectivity index (χ3v) is 3.33. The summed E-state index contributed by atoms with van der Waals surface area (Å²) in [6.45, 7) is 1.31. The molecule has 136 valence electrons. The zero-order chi connectivity index (χ0) is 19.2. The first-order valence-corrected chi connectivity index (χ1v) is 7.48. The number of carbonyl (C=O) groups excluding carboxylic acids is 1. The van der Waals surface area contributed by atoms with E-state index in [1.807, 2.05) is 6.07 Å². The van der Waals surface area contributed by atoms with Crippen molar-refractivity contribution in [1.29, 1.82) is 10.5 Å². The van der Waals surface area contributed by atoms with Crippen LogP contribution in [0.2, 0.25) is 0 Å². The van der Waals surface area contributed by atoms with Gasteiger partial charge in [0, 0.05) is 26.6 Å². The normalized spacial score (nSPS) is 12.4. The number of aliphatic carboxylic acids is 1. The fourth-order valence-corrected chi connectivity index (χ4v) is 2.13. The highest BCUT2D eigenvalue weighted by Gasteiger charge is 2.34. The van der Waals surface area contributed by atoms with Gasteiger partial charge in [0.1, 0.15) is 18.6 Å². The van der Waals surface area contributed by atoms with E-state index in [0.29, 0.717) is 0 Å². The van der Waals surface area contributed by atoms with Crippen LogP contribution in [0.25, 0.3) is 4.85 Å². The Bertz CT molecular complexity index is 586. The first-order chi connectivity index (χ1) is 11.9. The minimum atomic E-state index is -1.16. The van der Waals surface area contributed by atoms with E-state index >= 15 is 0 Å². The lowest BCUT2D eigenvalue weighted by atomic mass is 9.98. The van der Waals surface area contributed by atoms with Crippen LogP contribution in [0.1, 0.15) is 6.92 Å². The van der Waals surface area contributed by atoms with Crippen molar-refractivity contribution in [2.24, 2.45) is 5.92 Å². The number of nitriles is 2. The lowest BCUT2D eigenvalue weighted by molar-refractivity contribution is -0.145. The molecule has 0 saturated heterocycles. The van der Waals surface area contributed by atoms with Crippen molar-refractivity contribution in [2.45, 2.75) is 13.0 Å². The van der Waals surface area contributed by atoms with E-state index in [2.05, 4.69) is 10.9 Å². The largest absolute Gasteiger partial charge is 0.578 e. The third kappa shape index (κ3) is 9.23. The lowest BCUT2D eigenvalue weighted by Crippen LogP contribution is -2.47. The maximum absolute atomic E-state index is 11.7. The van der Waals surface area contributed by atoms with Gasteiger partial charge in [-0.05, 0) is 7.05 Å². The van der Waals surface area contributed by atoms with Gasteiger partial charge in [-0.1, -0.05) is 4.85 Å². The Morgan fingerprint density at radius 1 is 1.32 bits per heavy atom. The number of ether oxygens (including phenoxy) is 1. The molecule has 0 heterocycles. The molecule has 0 spiro atoms. The van der Waals surface area contributed by atoms with Crippen LogP contribution < -0.4 is 0 Å². The Hall–Kier alpha value is -2.71. The molecule has 0 aromatic carbocycles. The van der Waals surface area contributed by atoms with E-state index in [4.69, 9.17) is 20.4 Å². The van der Waals surface area contributed by atoms with E-state index < -0.39 is 23.9 Å². The number of carboxylic acid groups (broad SMARTS) is 1. The van der Waals surface area contributed by atoms with Crippen molar-refractivity contribution in [1.82, 2.24) is 9.80 Å². The molecule has 25 heavy (non-hydrogen) atoms. The van der Waals surface area contributed by atoms with Gasteiger partial charge in [0.2, 0.25) is 0 Å². The zero-order valence-corrected chi connectivity index (χ0v) is 14.3. The van der Waals surface area contributed by atoms with Crippen molar-refractivity contribution in [3.05, 3.63) is 4.85 Å². The number of rotatable bonds is 11. The van der Waals surface area contributed by atoms with Crippen LogP contribution in [0.15, 0.2) is 0 Å². The van der Waals surface area contributed by atoms with E-state index in [0.717, 1.165) is 0 Å². The van der Waals surface area contributed by atoms with Crippen LogP contribution in [-0.4, -0.2) is 84.4 Å². The Morgan fingerprint density at radius 3 is 2.48 bits per heavy atom. The molecule has 2 unspecified atom stereocenters. The Balaban J connectivity index is 5.28. The van der Waals surface area contributed by atoms with E-state index in [1.54, 1.807) is 7.05 Å². The van der Waals surface area contributed by atoms with E-state index in [1.165, 1.54) is 22.9 Å². The SMILES string of the molecule is CC(=O)OCCN(CC#N)CC(C(=O)O)C(C#[N+]C#N)N(C)CCO. The first-order valence-electron chi connectivity index (χ1n) is 7.48. The van der Waals surface area contributed by atoms with Gasteiger partial charge in [-0.15, -0.1) is 0 Å². The third-order valence-electron chi connectivity index (χ3n) is 3.33. The highest BCUT2D eigenvalue weighted by molar-refractivity contribution is 5.72. The van der Waals surface area contributed by atoms with Crippen molar-refractivity contribution in [2.75, 3.05) is 46.4 Å². The molecule has 0 rings (SSSR count). The Kier molecular flexibility index (Phi) is 11.3. The predicted molar refractivity (Wildman–Crippen MR) is 86.2 cm³/mol. The molecular formula is C15H22N5O5+. The topological polar surface area (TPSA) is 142 Å². The second kappa shape index (κ2) is 12.7. The zero-order valence-electron chi connectivity index (χ0n) is 14.3. The maximum atomic E-state index is 11.7. The monoisotopic (exact) mass is 352 g/mol. The van der Waals surface area contributed by atoms with Crippen LogP contribution in [0.3, 0.4) is 0 Å². The number of carboxylic acids is 1. The quantitative estimate of drug-likeness (QED) is 0.277. The molecule has 0 amide bonds. The number of hydrogen-bond donors (Lipinski definition) is 2. The molecule has 0 aromatic heterocycles. The fourth-order valence-electron chi connectivity index (χ4n) is 2.13. The molecule has 10 heteroatoms. The predicted octanol–water partition coefficient (Wildman–Crippen LogP) is -0.817. The minimum Gasteiger partial charge on any atom is -0.481 e. The van der Waals surface area contributed by atoms with Crippen LogP contribution in [-0.2, 0) is 14.3 Å². The van der Waals surface area contributed by atoms with Crippen LogP contribution in [0.4, 0.5) is 0 Å². The van der Waals surface area contributed by atoms with Crippen molar-refractivity contribution in [3.63, 3.8) is 0 Å². The standard InChI is InChI=1S/C15H21N5O5/c1-12(22)25-8-6-20(4-3-16)10-13(15(23)24)14(9-18-11-17)19(2)5-7-21/h13-14,21H,4-8,10H2,1-2H3/p+1. The molecule has 0 aliphatic heterocycles. The number of esters is 1. The molecule has 0 saturated carbocycles. The highest BCUT2D eigenvalue weighted by Crippen LogP contribution is 2.13. The summed E-state index contributed by atoms with van der Waals surface area (Å²) >= 11 is 0. The maximum Gasteiger partial charge on any atom is 0.578 e. The summed E-state index contributed by atoms with van der Waals surface area (Å²) in [6, 6.07) is 3.51. The number of hydrogen-bond acceptors (Lipinski definition) is 8. The number of aliphatic hydroxyl groups is 1. The van der Waals surface area contributed by atoms with Gasteiger partial charge in [0.15, 0.2) is 11.3 Å². The first kappa shape index (κ1) is 22.3. The van der Waals surface area contributed by atoms with E-state index in [9.17, 15) is 14.7 Å². The van der Waals surface area contributed by atoms with Gasteiger partial charge >= 0.3 is 18.1 Å².